The van der Waals surface area contributed by atoms with Crippen molar-refractivity contribution in [2.45, 2.75) is 40.0 Å². The quantitative estimate of drug-likeness (QED) is 0.479. The Kier molecular flexibility index (Phi) is 8.62. The maximum absolute atomic E-state index is 12.4. The van der Waals surface area contributed by atoms with Crippen LogP contribution in [0, 0.1) is 18.3 Å². The number of rotatable bonds is 7. The summed E-state index contributed by atoms with van der Waals surface area (Å²) in [5.41, 5.74) is 1.39. The van der Waals surface area contributed by atoms with Gasteiger partial charge in [0.25, 0.3) is 5.56 Å². The number of nitrogens with zero attached hydrogens (tertiary/aromatic N) is 3. The maximum Gasteiger partial charge on any atom is 0.328 e. The summed E-state index contributed by atoms with van der Waals surface area (Å²) in [6.45, 7) is 9.38. The summed E-state index contributed by atoms with van der Waals surface area (Å²) in [5.74, 6) is -1.18. The average Bonchev–Trinajstić information content (AvgIpc) is 3.00. The second kappa shape index (κ2) is 11.0. The van der Waals surface area contributed by atoms with Gasteiger partial charge in [0.1, 0.15) is 11.1 Å². The van der Waals surface area contributed by atoms with Crippen LogP contribution in [-0.2, 0) is 16.6 Å². The molecule has 0 spiro atoms. The number of imide groups is 2. The number of aromatic nitrogens is 2. The molecule has 2 N–H and O–H groups in total. The van der Waals surface area contributed by atoms with E-state index in [2.05, 4.69) is 17.2 Å². The van der Waals surface area contributed by atoms with Crippen molar-refractivity contribution in [1.82, 2.24) is 20.0 Å². The molecule has 34 heavy (non-hydrogen) atoms. The highest BCUT2D eigenvalue weighted by Gasteiger charge is 2.52. The van der Waals surface area contributed by atoms with E-state index >= 15 is 0 Å². The molecule has 1 aliphatic heterocycles. The standard InChI is InChI=1S/C13H17N3O.C12H18N2O3/c1-10-12(14(2)3)13(17)16(15(10)4)11-8-6-5-7-9-11;1-4-6-8(3)12(7-5-2)9(15)13-11(17)14-10(12)16/h5-9H,1-4H3;5,8H,2,4,6-7H2,1,3H3,(H2,13,14,15,16,17). The Morgan fingerprint density at radius 2 is 1.65 bits per heavy atom. The van der Waals surface area contributed by atoms with Crippen molar-refractivity contribution in [2.75, 3.05) is 19.0 Å². The number of urea groups is 1. The summed E-state index contributed by atoms with van der Waals surface area (Å²) in [5, 5.41) is 4.33. The Hall–Kier alpha value is -3.62. The van der Waals surface area contributed by atoms with Crippen LogP contribution in [0.25, 0.3) is 5.69 Å². The molecule has 4 amide bonds. The van der Waals surface area contributed by atoms with Crippen molar-refractivity contribution in [1.29, 1.82) is 0 Å². The first kappa shape index (κ1) is 26.6. The zero-order valence-corrected chi connectivity index (χ0v) is 20.8. The molecule has 1 aromatic heterocycles. The molecule has 1 atom stereocenters. The lowest BCUT2D eigenvalue weighted by Gasteiger charge is -2.37. The monoisotopic (exact) mass is 469 g/mol. The third kappa shape index (κ3) is 4.98. The molecule has 2 heterocycles. The van der Waals surface area contributed by atoms with Gasteiger partial charge in [0.05, 0.1) is 11.4 Å². The number of allylic oxidation sites excluding steroid dienone is 1. The van der Waals surface area contributed by atoms with Crippen molar-refractivity contribution >= 4 is 23.5 Å². The second-order valence-corrected chi connectivity index (χ2v) is 8.70. The summed E-state index contributed by atoms with van der Waals surface area (Å²) in [6.07, 6.45) is 3.39. The normalized spacial score (nSPS) is 15.5. The first-order chi connectivity index (χ1) is 16.0. The van der Waals surface area contributed by atoms with E-state index in [9.17, 15) is 19.2 Å². The van der Waals surface area contributed by atoms with Gasteiger partial charge in [0.15, 0.2) is 0 Å². The van der Waals surface area contributed by atoms with Gasteiger partial charge in [-0.05, 0) is 37.8 Å². The number of benzene rings is 1. The van der Waals surface area contributed by atoms with E-state index in [-0.39, 0.29) is 17.9 Å². The fraction of sp³-hybridized carbons (Fsp3) is 0.440. The van der Waals surface area contributed by atoms with E-state index in [0.29, 0.717) is 0 Å². The van der Waals surface area contributed by atoms with Gasteiger partial charge in [-0.3, -0.25) is 29.7 Å². The number of amides is 4. The highest BCUT2D eigenvalue weighted by Crippen LogP contribution is 2.37. The highest BCUT2D eigenvalue weighted by molar-refractivity contribution is 6.19. The predicted octanol–water partition coefficient (Wildman–Crippen LogP) is 2.90. The van der Waals surface area contributed by atoms with Crippen LogP contribution in [-0.4, -0.2) is 41.3 Å². The first-order valence-corrected chi connectivity index (χ1v) is 11.3. The highest BCUT2D eigenvalue weighted by atomic mass is 16.2. The molecular weight excluding hydrogens is 434 g/mol. The van der Waals surface area contributed by atoms with Crippen LogP contribution in [0.3, 0.4) is 0 Å². The Labute approximate surface area is 200 Å². The fourth-order valence-electron chi connectivity index (χ4n) is 4.37. The molecule has 3 rings (SSSR count). The van der Waals surface area contributed by atoms with E-state index in [1.807, 2.05) is 81.8 Å². The van der Waals surface area contributed by atoms with E-state index in [4.69, 9.17) is 0 Å². The minimum Gasteiger partial charge on any atom is -0.372 e. The minimum absolute atomic E-state index is 0.0150. The van der Waals surface area contributed by atoms with Gasteiger partial charge in [0, 0.05) is 21.1 Å². The third-order valence-electron chi connectivity index (χ3n) is 6.26. The second-order valence-electron chi connectivity index (χ2n) is 8.70. The molecule has 9 nitrogen and oxygen atoms in total. The largest absolute Gasteiger partial charge is 0.372 e. The molecule has 0 bridgehead atoms. The fourth-order valence-corrected chi connectivity index (χ4v) is 4.37. The number of nitrogens with one attached hydrogen (secondary N) is 2. The zero-order chi connectivity index (χ0) is 25.6. The lowest BCUT2D eigenvalue weighted by Crippen LogP contribution is -2.64. The topological polar surface area (TPSA) is 105 Å². The summed E-state index contributed by atoms with van der Waals surface area (Å²) in [7, 11) is 5.68. The Bertz CT molecular complexity index is 1090. The number of hydrogen-bond donors (Lipinski definition) is 2. The number of anilines is 1. The molecule has 1 unspecified atom stereocenters. The molecule has 0 saturated carbocycles. The Morgan fingerprint density at radius 1 is 1.09 bits per heavy atom. The summed E-state index contributed by atoms with van der Waals surface area (Å²) < 4.78 is 3.57. The molecule has 1 aliphatic rings. The summed E-state index contributed by atoms with van der Waals surface area (Å²) in [6, 6.07) is 8.92. The molecular formula is C25H35N5O4. The zero-order valence-electron chi connectivity index (χ0n) is 20.8. The van der Waals surface area contributed by atoms with Crippen LogP contribution in [0.4, 0.5) is 10.5 Å². The number of para-hydroxylation sites is 1. The number of barbiturate groups is 1. The van der Waals surface area contributed by atoms with Crippen LogP contribution in [0.1, 0.15) is 38.8 Å². The first-order valence-electron chi connectivity index (χ1n) is 11.3. The number of carbonyl (C=O) groups excluding carboxylic acids is 3. The molecule has 0 aliphatic carbocycles. The van der Waals surface area contributed by atoms with Crippen LogP contribution in [0.15, 0.2) is 47.8 Å². The van der Waals surface area contributed by atoms with Gasteiger partial charge in [-0.1, -0.05) is 44.5 Å². The summed E-state index contributed by atoms with van der Waals surface area (Å²) >= 11 is 0. The van der Waals surface area contributed by atoms with Crippen molar-refractivity contribution in [3.05, 3.63) is 59.0 Å². The van der Waals surface area contributed by atoms with Crippen LogP contribution in [0.5, 0.6) is 0 Å². The number of carbonyl (C=O) groups is 3. The van der Waals surface area contributed by atoms with Crippen LogP contribution in [0.2, 0.25) is 0 Å². The molecule has 1 saturated heterocycles. The van der Waals surface area contributed by atoms with Crippen molar-refractivity contribution < 1.29 is 14.4 Å². The van der Waals surface area contributed by atoms with Gasteiger partial charge in [-0.2, -0.15) is 0 Å². The predicted molar refractivity (Wildman–Crippen MR) is 133 cm³/mol. The molecule has 2 aromatic rings. The lowest BCUT2D eigenvalue weighted by atomic mass is 9.69. The van der Waals surface area contributed by atoms with Gasteiger partial charge in [0.2, 0.25) is 11.8 Å². The molecule has 1 aromatic carbocycles. The van der Waals surface area contributed by atoms with E-state index < -0.39 is 23.3 Å². The molecule has 9 heteroatoms. The van der Waals surface area contributed by atoms with Crippen molar-refractivity contribution in [2.24, 2.45) is 18.4 Å². The molecule has 1 fully saturated rings. The van der Waals surface area contributed by atoms with E-state index in [1.54, 1.807) is 10.8 Å². The van der Waals surface area contributed by atoms with Crippen LogP contribution < -0.4 is 21.1 Å². The van der Waals surface area contributed by atoms with Gasteiger partial charge in [-0.25, -0.2) is 9.48 Å². The van der Waals surface area contributed by atoms with Crippen molar-refractivity contribution in [3.63, 3.8) is 0 Å². The van der Waals surface area contributed by atoms with E-state index in [1.165, 1.54) is 0 Å². The average molecular weight is 470 g/mol. The smallest absolute Gasteiger partial charge is 0.328 e. The Morgan fingerprint density at radius 3 is 2.09 bits per heavy atom. The van der Waals surface area contributed by atoms with Crippen LogP contribution >= 0.6 is 0 Å². The third-order valence-corrected chi connectivity index (χ3v) is 6.26. The Balaban J connectivity index is 0.000000240. The lowest BCUT2D eigenvalue weighted by molar-refractivity contribution is -0.148. The SMILES string of the molecule is C=CCC1(C(C)CCC)C(=O)NC(=O)NC1=O.Cc1c(N(C)C)c(=O)n(-c2ccccc2)n1C. The maximum atomic E-state index is 12.4. The summed E-state index contributed by atoms with van der Waals surface area (Å²) in [4.78, 5) is 49.3. The molecule has 0 radical (unpaired) electrons. The van der Waals surface area contributed by atoms with Gasteiger partial charge >= 0.3 is 6.03 Å². The van der Waals surface area contributed by atoms with Gasteiger partial charge < -0.3 is 4.90 Å². The number of hydrogen-bond acceptors (Lipinski definition) is 5. The van der Waals surface area contributed by atoms with E-state index in [0.717, 1.165) is 29.9 Å². The van der Waals surface area contributed by atoms with Crippen molar-refractivity contribution in [3.8, 4) is 5.69 Å². The minimum atomic E-state index is -1.20. The molecule has 184 valence electrons. The van der Waals surface area contributed by atoms with Gasteiger partial charge in [-0.15, -0.1) is 6.58 Å².